The van der Waals surface area contributed by atoms with Crippen molar-refractivity contribution in [3.05, 3.63) is 60.2 Å². The summed E-state index contributed by atoms with van der Waals surface area (Å²) in [5.41, 5.74) is 7.31. The fourth-order valence-electron chi connectivity index (χ4n) is 1.63. The molecule has 1 amide bonds. The van der Waals surface area contributed by atoms with Gasteiger partial charge in [-0.2, -0.15) is 0 Å². The Kier molecular flexibility index (Phi) is 4.74. The molecule has 0 fully saturated rings. The van der Waals surface area contributed by atoms with Gasteiger partial charge in [0.1, 0.15) is 12.4 Å². The first-order chi connectivity index (χ1) is 9.65. The summed E-state index contributed by atoms with van der Waals surface area (Å²) in [5.74, 6) is 0.551. The van der Waals surface area contributed by atoms with Crippen LogP contribution in [0, 0.1) is 0 Å². The van der Waals surface area contributed by atoms with Crippen molar-refractivity contribution in [3.8, 4) is 5.75 Å². The Morgan fingerprint density at radius 3 is 2.40 bits per heavy atom. The maximum atomic E-state index is 11.4. The topological polar surface area (TPSA) is 64.4 Å². The zero-order chi connectivity index (χ0) is 14.4. The summed E-state index contributed by atoms with van der Waals surface area (Å²) in [4.78, 5) is 11.4. The summed E-state index contributed by atoms with van der Waals surface area (Å²) in [6.45, 7) is 2.17. The van der Waals surface area contributed by atoms with E-state index in [1.807, 2.05) is 42.5 Å². The Hall–Kier alpha value is -2.33. The number of nitrogens with one attached hydrogen (secondary N) is 1. The summed E-state index contributed by atoms with van der Waals surface area (Å²) in [6.07, 6.45) is 0. The highest BCUT2D eigenvalue weighted by atomic mass is 16.5. The van der Waals surface area contributed by atoms with E-state index in [1.165, 1.54) is 0 Å². The molecule has 0 saturated heterocycles. The molecule has 0 aliphatic heterocycles. The van der Waals surface area contributed by atoms with Crippen LogP contribution in [0.5, 0.6) is 5.75 Å². The minimum atomic E-state index is -0.524. The van der Waals surface area contributed by atoms with Crippen LogP contribution in [0.2, 0.25) is 0 Å². The molecule has 1 atom stereocenters. The molecule has 2 aromatic carbocycles. The number of carbonyl (C=O) groups excluding carboxylic acids is 1. The average molecular weight is 270 g/mol. The number of ether oxygens (including phenoxy) is 1. The van der Waals surface area contributed by atoms with Crippen LogP contribution >= 0.6 is 0 Å². The zero-order valence-electron chi connectivity index (χ0n) is 11.4. The minimum absolute atomic E-state index is 0.206. The van der Waals surface area contributed by atoms with Crippen molar-refractivity contribution in [3.63, 3.8) is 0 Å². The summed E-state index contributed by atoms with van der Waals surface area (Å²) in [5, 5.41) is 2.72. The number of benzene rings is 2. The van der Waals surface area contributed by atoms with Crippen LogP contribution in [-0.2, 0) is 11.4 Å². The van der Waals surface area contributed by atoms with Gasteiger partial charge in [0.05, 0.1) is 6.04 Å². The quantitative estimate of drug-likeness (QED) is 0.877. The third-order valence-corrected chi connectivity index (χ3v) is 2.78. The largest absolute Gasteiger partial charge is 0.489 e. The van der Waals surface area contributed by atoms with E-state index in [-0.39, 0.29) is 5.91 Å². The van der Waals surface area contributed by atoms with Crippen LogP contribution in [0.4, 0.5) is 5.69 Å². The first-order valence-corrected chi connectivity index (χ1v) is 6.48. The summed E-state index contributed by atoms with van der Waals surface area (Å²) in [7, 11) is 0. The van der Waals surface area contributed by atoms with Gasteiger partial charge in [0.2, 0.25) is 5.91 Å². The van der Waals surface area contributed by atoms with Gasteiger partial charge in [-0.25, -0.2) is 0 Å². The summed E-state index contributed by atoms with van der Waals surface area (Å²) >= 11 is 0. The van der Waals surface area contributed by atoms with Gasteiger partial charge in [-0.15, -0.1) is 0 Å². The van der Waals surface area contributed by atoms with Crippen LogP contribution in [0.25, 0.3) is 0 Å². The van der Waals surface area contributed by atoms with E-state index >= 15 is 0 Å². The number of hydrogen-bond donors (Lipinski definition) is 2. The lowest BCUT2D eigenvalue weighted by Gasteiger charge is -2.09. The monoisotopic (exact) mass is 270 g/mol. The highest BCUT2D eigenvalue weighted by molar-refractivity contribution is 5.94. The van der Waals surface area contributed by atoms with Crippen LogP contribution in [-0.4, -0.2) is 11.9 Å². The lowest BCUT2D eigenvalue weighted by molar-refractivity contribution is -0.117. The Labute approximate surface area is 118 Å². The van der Waals surface area contributed by atoms with Crippen LogP contribution < -0.4 is 15.8 Å². The molecule has 0 saturated carbocycles. The van der Waals surface area contributed by atoms with E-state index < -0.39 is 6.04 Å². The molecule has 2 rings (SSSR count). The zero-order valence-corrected chi connectivity index (χ0v) is 11.4. The average Bonchev–Trinajstić information content (AvgIpc) is 2.47. The SMILES string of the molecule is C[C@@H](N)C(=O)Nc1ccc(OCc2ccccc2)cc1. The maximum Gasteiger partial charge on any atom is 0.240 e. The van der Waals surface area contributed by atoms with E-state index in [4.69, 9.17) is 10.5 Å². The van der Waals surface area contributed by atoms with Crippen molar-refractivity contribution >= 4 is 11.6 Å². The second-order valence-electron chi connectivity index (χ2n) is 4.58. The first-order valence-electron chi connectivity index (χ1n) is 6.48. The van der Waals surface area contributed by atoms with E-state index in [9.17, 15) is 4.79 Å². The molecular weight excluding hydrogens is 252 g/mol. The standard InChI is InChI=1S/C16H18N2O2/c1-12(17)16(19)18-14-7-9-15(10-8-14)20-11-13-5-3-2-4-6-13/h2-10,12H,11,17H2,1H3,(H,18,19)/t12-/m1/s1. The van der Waals surface area contributed by atoms with Crippen molar-refractivity contribution in [2.75, 3.05) is 5.32 Å². The number of hydrogen-bond acceptors (Lipinski definition) is 3. The molecular formula is C16H18N2O2. The normalized spacial score (nSPS) is 11.7. The Morgan fingerprint density at radius 1 is 1.15 bits per heavy atom. The maximum absolute atomic E-state index is 11.4. The van der Waals surface area contributed by atoms with Crippen molar-refractivity contribution in [1.82, 2.24) is 0 Å². The minimum Gasteiger partial charge on any atom is -0.489 e. The van der Waals surface area contributed by atoms with Crippen molar-refractivity contribution in [1.29, 1.82) is 0 Å². The van der Waals surface area contributed by atoms with Crippen molar-refractivity contribution in [2.45, 2.75) is 19.6 Å². The molecule has 0 aliphatic carbocycles. The van der Waals surface area contributed by atoms with E-state index in [1.54, 1.807) is 19.1 Å². The second-order valence-corrected chi connectivity index (χ2v) is 4.58. The Bertz CT molecular complexity index is 550. The van der Waals surface area contributed by atoms with Gasteiger partial charge in [-0.3, -0.25) is 4.79 Å². The second kappa shape index (κ2) is 6.73. The predicted molar refractivity (Wildman–Crippen MR) is 79.5 cm³/mol. The van der Waals surface area contributed by atoms with E-state index in [2.05, 4.69) is 5.32 Å². The predicted octanol–water partition coefficient (Wildman–Crippen LogP) is 2.55. The molecule has 4 nitrogen and oxygen atoms in total. The van der Waals surface area contributed by atoms with Gasteiger partial charge >= 0.3 is 0 Å². The summed E-state index contributed by atoms with van der Waals surface area (Å²) in [6, 6.07) is 16.6. The van der Waals surface area contributed by atoms with Crippen molar-refractivity contribution in [2.24, 2.45) is 5.73 Å². The van der Waals surface area contributed by atoms with E-state index in [0.717, 1.165) is 11.3 Å². The molecule has 0 spiro atoms. The molecule has 3 N–H and O–H groups in total. The van der Waals surface area contributed by atoms with Crippen LogP contribution in [0.1, 0.15) is 12.5 Å². The molecule has 4 heteroatoms. The third kappa shape index (κ3) is 4.10. The molecule has 0 bridgehead atoms. The lowest BCUT2D eigenvalue weighted by atomic mass is 10.2. The molecule has 0 radical (unpaired) electrons. The molecule has 0 aromatic heterocycles. The van der Waals surface area contributed by atoms with Crippen LogP contribution in [0.15, 0.2) is 54.6 Å². The Morgan fingerprint density at radius 2 is 1.80 bits per heavy atom. The molecule has 0 aliphatic rings. The molecule has 0 unspecified atom stereocenters. The van der Waals surface area contributed by atoms with Gasteiger partial charge < -0.3 is 15.8 Å². The first kappa shape index (κ1) is 14.1. The van der Waals surface area contributed by atoms with E-state index in [0.29, 0.717) is 12.3 Å². The van der Waals surface area contributed by atoms with Gasteiger partial charge in [0, 0.05) is 5.69 Å². The van der Waals surface area contributed by atoms with Crippen LogP contribution in [0.3, 0.4) is 0 Å². The van der Waals surface area contributed by atoms with Crippen molar-refractivity contribution < 1.29 is 9.53 Å². The summed E-state index contributed by atoms with van der Waals surface area (Å²) < 4.78 is 5.66. The van der Waals surface area contributed by atoms with Gasteiger partial charge in [-0.1, -0.05) is 30.3 Å². The lowest BCUT2D eigenvalue weighted by Crippen LogP contribution is -2.32. The highest BCUT2D eigenvalue weighted by Gasteiger charge is 2.07. The third-order valence-electron chi connectivity index (χ3n) is 2.78. The fraction of sp³-hybridized carbons (Fsp3) is 0.188. The number of carbonyl (C=O) groups is 1. The van der Waals surface area contributed by atoms with Gasteiger partial charge in [-0.05, 0) is 36.8 Å². The number of anilines is 1. The molecule has 2 aromatic rings. The number of amides is 1. The molecule has 104 valence electrons. The molecule has 0 heterocycles. The Balaban J connectivity index is 1.90. The molecule has 20 heavy (non-hydrogen) atoms. The fourth-order valence-corrected chi connectivity index (χ4v) is 1.63. The smallest absolute Gasteiger partial charge is 0.240 e. The highest BCUT2D eigenvalue weighted by Crippen LogP contribution is 2.17. The number of nitrogens with two attached hydrogens (primary N) is 1. The van der Waals surface area contributed by atoms with Gasteiger partial charge in [0.15, 0.2) is 0 Å². The van der Waals surface area contributed by atoms with Gasteiger partial charge in [0.25, 0.3) is 0 Å². The number of rotatable bonds is 5.